The third-order valence-corrected chi connectivity index (χ3v) is 4.00. The van der Waals surface area contributed by atoms with Crippen molar-refractivity contribution < 1.29 is 4.79 Å². The molecule has 0 saturated heterocycles. The Labute approximate surface area is 140 Å². The van der Waals surface area contributed by atoms with E-state index in [2.05, 4.69) is 58.9 Å². The Morgan fingerprint density at radius 2 is 1.70 bits per heavy atom. The molecular weight excluding hydrogens is 282 g/mol. The fourth-order valence-corrected chi connectivity index (χ4v) is 2.64. The molecule has 0 aliphatic carbocycles. The number of hydrogen-bond acceptors (Lipinski definition) is 1. The summed E-state index contributed by atoms with van der Waals surface area (Å²) in [7, 11) is 0. The first-order chi connectivity index (χ1) is 10.8. The maximum atomic E-state index is 12.9. The van der Waals surface area contributed by atoms with Crippen LogP contribution in [0.5, 0.6) is 0 Å². The number of benzene rings is 2. The molecule has 0 radical (unpaired) electrons. The largest absolute Gasteiger partial charge is 0.308 e. The standard InChI is InChI=1S/C21H27NO/c1-6-14-22(19-9-7-8-16(2)15-19)20(23)17-10-12-18(13-11-17)21(3,4)5/h7-13,15H,6,14H2,1-5H3. The van der Waals surface area contributed by atoms with Crippen LogP contribution in [0.1, 0.15) is 55.6 Å². The molecule has 0 atom stereocenters. The number of anilines is 1. The summed E-state index contributed by atoms with van der Waals surface area (Å²) >= 11 is 0. The van der Waals surface area contributed by atoms with Crippen LogP contribution in [-0.4, -0.2) is 12.5 Å². The number of carbonyl (C=O) groups is 1. The molecule has 1 amide bonds. The molecule has 0 fully saturated rings. The van der Waals surface area contributed by atoms with Crippen LogP contribution in [0.3, 0.4) is 0 Å². The third kappa shape index (κ3) is 4.22. The number of aryl methyl sites for hydroxylation is 1. The quantitative estimate of drug-likeness (QED) is 0.745. The van der Waals surface area contributed by atoms with Crippen LogP contribution in [0.25, 0.3) is 0 Å². The van der Waals surface area contributed by atoms with Crippen LogP contribution >= 0.6 is 0 Å². The summed E-state index contributed by atoms with van der Waals surface area (Å²) in [4.78, 5) is 14.8. The molecule has 0 aliphatic rings. The Hall–Kier alpha value is -2.09. The number of hydrogen-bond donors (Lipinski definition) is 0. The summed E-state index contributed by atoms with van der Waals surface area (Å²) in [6.07, 6.45) is 0.930. The molecule has 2 nitrogen and oxygen atoms in total. The second-order valence-electron chi connectivity index (χ2n) is 7.12. The molecule has 0 saturated carbocycles. The van der Waals surface area contributed by atoms with E-state index in [-0.39, 0.29) is 11.3 Å². The number of nitrogens with zero attached hydrogens (tertiary/aromatic N) is 1. The zero-order valence-corrected chi connectivity index (χ0v) is 14.9. The van der Waals surface area contributed by atoms with Crippen LogP contribution in [0.2, 0.25) is 0 Å². The fraction of sp³-hybridized carbons (Fsp3) is 0.381. The summed E-state index contributed by atoms with van der Waals surface area (Å²) in [5.41, 5.74) is 4.22. The average Bonchev–Trinajstić information content (AvgIpc) is 2.51. The lowest BCUT2D eigenvalue weighted by molar-refractivity contribution is 0.0987. The van der Waals surface area contributed by atoms with Gasteiger partial charge in [-0.1, -0.05) is 52.0 Å². The van der Waals surface area contributed by atoms with Crippen molar-refractivity contribution in [1.29, 1.82) is 0 Å². The second-order valence-corrected chi connectivity index (χ2v) is 7.12. The summed E-state index contributed by atoms with van der Waals surface area (Å²) in [6.45, 7) is 11.4. The molecular formula is C21H27NO. The third-order valence-electron chi connectivity index (χ3n) is 4.00. The Morgan fingerprint density at radius 3 is 2.22 bits per heavy atom. The van der Waals surface area contributed by atoms with E-state index < -0.39 is 0 Å². The number of amides is 1. The average molecular weight is 309 g/mol. The molecule has 0 spiro atoms. The van der Waals surface area contributed by atoms with Gasteiger partial charge >= 0.3 is 0 Å². The highest BCUT2D eigenvalue weighted by molar-refractivity contribution is 6.06. The van der Waals surface area contributed by atoms with Gasteiger partial charge in [0, 0.05) is 17.8 Å². The molecule has 0 aromatic heterocycles. The summed E-state index contributed by atoms with van der Waals surface area (Å²) in [6, 6.07) is 16.1. The minimum atomic E-state index is 0.0675. The molecule has 122 valence electrons. The van der Waals surface area contributed by atoms with Gasteiger partial charge in [0.2, 0.25) is 0 Å². The maximum absolute atomic E-state index is 12.9. The summed E-state index contributed by atoms with van der Waals surface area (Å²) < 4.78 is 0. The normalized spacial score (nSPS) is 11.3. The SMILES string of the molecule is CCCN(C(=O)c1ccc(C(C)(C)C)cc1)c1cccc(C)c1. The van der Waals surface area contributed by atoms with Crippen molar-refractivity contribution in [3.63, 3.8) is 0 Å². The molecule has 0 heterocycles. The van der Waals surface area contributed by atoms with Crippen LogP contribution in [-0.2, 0) is 5.41 Å². The van der Waals surface area contributed by atoms with Gasteiger partial charge in [0.05, 0.1) is 0 Å². The molecule has 0 unspecified atom stereocenters. The zero-order valence-electron chi connectivity index (χ0n) is 14.9. The molecule has 0 aliphatic heterocycles. The highest BCUT2D eigenvalue weighted by atomic mass is 16.2. The van der Waals surface area contributed by atoms with Crippen molar-refractivity contribution in [2.24, 2.45) is 0 Å². The smallest absolute Gasteiger partial charge is 0.258 e. The van der Waals surface area contributed by atoms with Gasteiger partial charge in [0.1, 0.15) is 0 Å². The first-order valence-electron chi connectivity index (χ1n) is 8.32. The van der Waals surface area contributed by atoms with Crippen molar-refractivity contribution in [3.8, 4) is 0 Å². The predicted octanol–water partition coefficient (Wildman–Crippen LogP) is 5.35. The van der Waals surface area contributed by atoms with Gasteiger partial charge in [-0.3, -0.25) is 4.79 Å². The van der Waals surface area contributed by atoms with Gasteiger partial charge < -0.3 is 4.90 Å². The van der Waals surface area contributed by atoms with E-state index >= 15 is 0 Å². The Balaban J connectivity index is 2.31. The first kappa shape index (κ1) is 17.3. The van der Waals surface area contributed by atoms with Crippen LogP contribution in [0.4, 0.5) is 5.69 Å². The molecule has 0 N–H and O–H groups in total. The highest BCUT2D eigenvalue weighted by Gasteiger charge is 2.19. The molecule has 2 rings (SSSR count). The molecule has 2 aromatic carbocycles. The van der Waals surface area contributed by atoms with Crippen molar-refractivity contribution in [1.82, 2.24) is 0 Å². The van der Waals surface area contributed by atoms with E-state index in [1.807, 2.05) is 29.2 Å². The Kier molecular flexibility index (Phi) is 5.25. The molecule has 23 heavy (non-hydrogen) atoms. The minimum Gasteiger partial charge on any atom is -0.308 e. The van der Waals surface area contributed by atoms with Crippen LogP contribution < -0.4 is 4.90 Å². The van der Waals surface area contributed by atoms with Crippen molar-refractivity contribution in [2.75, 3.05) is 11.4 Å². The Morgan fingerprint density at radius 1 is 1.04 bits per heavy atom. The number of rotatable bonds is 4. The van der Waals surface area contributed by atoms with Gasteiger partial charge in [-0.25, -0.2) is 0 Å². The lowest BCUT2D eigenvalue weighted by Crippen LogP contribution is -2.31. The zero-order chi connectivity index (χ0) is 17.0. The van der Waals surface area contributed by atoms with E-state index in [1.54, 1.807) is 0 Å². The van der Waals surface area contributed by atoms with Crippen LogP contribution in [0, 0.1) is 6.92 Å². The van der Waals surface area contributed by atoms with Gasteiger partial charge in [-0.05, 0) is 54.2 Å². The fourth-order valence-electron chi connectivity index (χ4n) is 2.64. The molecule has 2 aromatic rings. The van der Waals surface area contributed by atoms with E-state index in [0.717, 1.165) is 24.2 Å². The van der Waals surface area contributed by atoms with Gasteiger partial charge in [0.25, 0.3) is 5.91 Å². The second kappa shape index (κ2) is 6.99. The lowest BCUT2D eigenvalue weighted by Gasteiger charge is -2.24. The Bertz CT molecular complexity index is 665. The lowest BCUT2D eigenvalue weighted by atomic mass is 9.86. The van der Waals surface area contributed by atoms with Crippen molar-refractivity contribution in [3.05, 3.63) is 65.2 Å². The topological polar surface area (TPSA) is 20.3 Å². The van der Waals surface area contributed by atoms with Crippen LogP contribution in [0.15, 0.2) is 48.5 Å². The minimum absolute atomic E-state index is 0.0675. The molecule has 0 bridgehead atoms. The predicted molar refractivity (Wildman–Crippen MR) is 98.3 cm³/mol. The maximum Gasteiger partial charge on any atom is 0.258 e. The van der Waals surface area contributed by atoms with Crippen molar-refractivity contribution >= 4 is 11.6 Å². The van der Waals surface area contributed by atoms with E-state index in [0.29, 0.717) is 0 Å². The first-order valence-corrected chi connectivity index (χ1v) is 8.32. The van der Waals surface area contributed by atoms with Gasteiger partial charge in [-0.15, -0.1) is 0 Å². The monoisotopic (exact) mass is 309 g/mol. The van der Waals surface area contributed by atoms with Gasteiger partial charge in [-0.2, -0.15) is 0 Å². The van der Waals surface area contributed by atoms with E-state index in [9.17, 15) is 4.79 Å². The summed E-state index contributed by atoms with van der Waals surface area (Å²) in [5.74, 6) is 0.0675. The van der Waals surface area contributed by atoms with Crippen molar-refractivity contribution in [2.45, 2.75) is 46.5 Å². The summed E-state index contributed by atoms with van der Waals surface area (Å²) in [5, 5.41) is 0. The molecule has 2 heteroatoms. The van der Waals surface area contributed by atoms with E-state index in [1.165, 1.54) is 11.1 Å². The number of carbonyl (C=O) groups excluding carboxylic acids is 1. The highest BCUT2D eigenvalue weighted by Crippen LogP contribution is 2.24. The van der Waals surface area contributed by atoms with E-state index in [4.69, 9.17) is 0 Å². The van der Waals surface area contributed by atoms with Gasteiger partial charge in [0.15, 0.2) is 0 Å².